The maximum Gasteiger partial charge on any atom is 0.203 e. The van der Waals surface area contributed by atoms with Crippen LogP contribution in [0.15, 0.2) is 12.1 Å². The molecule has 1 aliphatic carbocycles. The van der Waals surface area contributed by atoms with Gasteiger partial charge in [-0.1, -0.05) is 0 Å². The molecule has 0 atom stereocenters. The highest BCUT2D eigenvalue weighted by Crippen LogP contribution is 2.39. The molecule has 0 amide bonds. The lowest BCUT2D eigenvalue weighted by atomic mass is 10.1. The van der Waals surface area contributed by atoms with Gasteiger partial charge in [0, 0.05) is 12.6 Å². The van der Waals surface area contributed by atoms with Gasteiger partial charge in [0.25, 0.3) is 0 Å². The van der Waals surface area contributed by atoms with Crippen molar-refractivity contribution in [2.24, 2.45) is 0 Å². The number of benzene rings is 1. The van der Waals surface area contributed by atoms with Gasteiger partial charge in [-0.25, -0.2) is 0 Å². The first kappa shape index (κ1) is 16.0. The summed E-state index contributed by atoms with van der Waals surface area (Å²) in [7, 11) is 5.53. The van der Waals surface area contributed by atoms with E-state index < -0.39 is 0 Å². The van der Waals surface area contributed by atoms with Crippen LogP contribution in [0.1, 0.15) is 32.3 Å². The summed E-state index contributed by atoms with van der Waals surface area (Å²) < 4.78 is 16.8. The summed E-state index contributed by atoms with van der Waals surface area (Å²) in [5.41, 5.74) is 1.22. The number of rotatable bonds is 8. The number of nitrogens with zero attached hydrogens (tertiary/aromatic N) is 1. The van der Waals surface area contributed by atoms with Crippen LogP contribution < -0.4 is 14.2 Å². The lowest BCUT2D eigenvalue weighted by Crippen LogP contribution is -2.23. The van der Waals surface area contributed by atoms with E-state index in [-0.39, 0.29) is 6.10 Å². The molecule has 0 aromatic heterocycles. The molecular weight excluding hydrogens is 266 g/mol. The molecule has 1 saturated carbocycles. The third kappa shape index (κ3) is 4.27. The topological polar surface area (TPSA) is 30.9 Å². The fourth-order valence-electron chi connectivity index (χ4n) is 2.43. The number of methoxy groups -OCH3 is 2. The van der Waals surface area contributed by atoms with Gasteiger partial charge < -0.3 is 19.1 Å². The largest absolute Gasteiger partial charge is 0.493 e. The van der Waals surface area contributed by atoms with Crippen molar-refractivity contribution in [3.8, 4) is 17.2 Å². The molecule has 2 rings (SSSR count). The van der Waals surface area contributed by atoms with Crippen molar-refractivity contribution in [3.63, 3.8) is 0 Å². The Balaban J connectivity index is 2.14. The van der Waals surface area contributed by atoms with Crippen LogP contribution in [0, 0.1) is 0 Å². The number of ether oxygens (including phenoxy) is 3. The van der Waals surface area contributed by atoms with Gasteiger partial charge in [-0.05, 0) is 57.9 Å². The lowest BCUT2D eigenvalue weighted by Gasteiger charge is -2.19. The Hall–Kier alpha value is -1.42. The molecule has 1 aliphatic rings. The van der Waals surface area contributed by atoms with Gasteiger partial charge >= 0.3 is 0 Å². The Bertz CT molecular complexity index is 444. The number of hydrogen-bond donors (Lipinski definition) is 0. The van der Waals surface area contributed by atoms with Gasteiger partial charge in [-0.2, -0.15) is 0 Å². The average Bonchev–Trinajstić information content (AvgIpc) is 3.29. The molecule has 0 N–H and O–H groups in total. The predicted octanol–water partition coefficient (Wildman–Crippen LogP) is 3.13. The van der Waals surface area contributed by atoms with E-state index >= 15 is 0 Å². The van der Waals surface area contributed by atoms with Crippen molar-refractivity contribution in [1.29, 1.82) is 0 Å². The smallest absolute Gasteiger partial charge is 0.203 e. The van der Waals surface area contributed by atoms with Crippen LogP contribution in [0.2, 0.25) is 0 Å². The van der Waals surface area contributed by atoms with Crippen LogP contribution in [0.4, 0.5) is 0 Å². The molecular formula is C17H27NO3. The van der Waals surface area contributed by atoms with Crippen LogP contribution in [0.25, 0.3) is 0 Å². The van der Waals surface area contributed by atoms with Crippen LogP contribution in [0.3, 0.4) is 0 Å². The standard InChI is InChI=1S/C17H27NO3/c1-12(2)21-17-15(19-4)10-13(11-16(17)20-5)8-9-18(3)14-6-7-14/h10-12,14H,6-9H2,1-5H3. The van der Waals surface area contributed by atoms with E-state index in [1.165, 1.54) is 18.4 Å². The molecule has 4 heteroatoms. The quantitative estimate of drug-likeness (QED) is 0.737. The molecule has 0 aliphatic heterocycles. The number of likely N-dealkylation sites (N-methyl/N-ethyl adjacent to an activating group) is 1. The summed E-state index contributed by atoms with van der Waals surface area (Å²) in [6, 6.07) is 4.90. The van der Waals surface area contributed by atoms with Gasteiger partial charge in [0.1, 0.15) is 0 Å². The molecule has 1 fully saturated rings. The van der Waals surface area contributed by atoms with Gasteiger partial charge in [-0.15, -0.1) is 0 Å². The van der Waals surface area contributed by atoms with Crippen molar-refractivity contribution in [2.45, 2.75) is 45.3 Å². The molecule has 1 aromatic rings. The maximum atomic E-state index is 5.83. The fourth-order valence-corrected chi connectivity index (χ4v) is 2.43. The van der Waals surface area contributed by atoms with Crippen molar-refractivity contribution in [1.82, 2.24) is 4.90 Å². The van der Waals surface area contributed by atoms with Crippen LogP contribution >= 0.6 is 0 Å². The van der Waals surface area contributed by atoms with Crippen molar-refractivity contribution < 1.29 is 14.2 Å². The second-order valence-electron chi connectivity index (χ2n) is 5.96. The van der Waals surface area contributed by atoms with Gasteiger partial charge in [0.2, 0.25) is 5.75 Å². The highest BCUT2D eigenvalue weighted by molar-refractivity contribution is 5.54. The van der Waals surface area contributed by atoms with E-state index in [2.05, 4.69) is 24.1 Å². The normalized spacial score (nSPS) is 14.6. The summed E-state index contributed by atoms with van der Waals surface area (Å²) >= 11 is 0. The Kier molecular flexibility index (Phi) is 5.34. The van der Waals surface area contributed by atoms with Crippen molar-refractivity contribution in [2.75, 3.05) is 27.8 Å². The first-order chi connectivity index (χ1) is 10.0. The molecule has 0 radical (unpaired) electrons. The van der Waals surface area contributed by atoms with E-state index in [0.29, 0.717) is 5.75 Å². The minimum Gasteiger partial charge on any atom is -0.493 e. The molecule has 0 saturated heterocycles. The first-order valence-electron chi connectivity index (χ1n) is 7.67. The van der Waals surface area contributed by atoms with Crippen LogP contribution in [-0.4, -0.2) is 44.9 Å². The lowest BCUT2D eigenvalue weighted by molar-refractivity contribution is 0.218. The van der Waals surface area contributed by atoms with Gasteiger partial charge in [0.15, 0.2) is 11.5 Å². The molecule has 1 aromatic carbocycles. The Labute approximate surface area is 128 Å². The fraction of sp³-hybridized carbons (Fsp3) is 0.647. The van der Waals surface area contributed by atoms with E-state index in [4.69, 9.17) is 14.2 Å². The van der Waals surface area contributed by atoms with Gasteiger partial charge in [0.05, 0.1) is 20.3 Å². The van der Waals surface area contributed by atoms with Crippen molar-refractivity contribution in [3.05, 3.63) is 17.7 Å². The molecule has 0 bridgehead atoms. The Morgan fingerprint density at radius 3 is 2.14 bits per heavy atom. The Morgan fingerprint density at radius 2 is 1.71 bits per heavy atom. The van der Waals surface area contributed by atoms with Crippen molar-refractivity contribution >= 4 is 0 Å². The molecule has 0 spiro atoms. The highest BCUT2D eigenvalue weighted by atomic mass is 16.5. The molecule has 118 valence electrons. The zero-order valence-electron chi connectivity index (χ0n) is 13.8. The highest BCUT2D eigenvalue weighted by Gasteiger charge is 2.25. The third-order valence-corrected chi connectivity index (χ3v) is 3.80. The SMILES string of the molecule is COc1cc(CCN(C)C2CC2)cc(OC)c1OC(C)C. The second-order valence-corrected chi connectivity index (χ2v) is 5.96. The molecule has 4 nitrogen and oxygen atoms in total. The predicted molar refractivity (Wildman–Crippen MR) is 84.7 cm³/mol. The van der Waals surface area contributed by atoms with Gasteiger partial charge in [-0.3, -0.25) is 0 Å². The third-order valence-electron chi connectivity index (χ3n) is 3.80. The van der Waals surface area contributed by atoms with Crippen LogP contribution in [-0.2, 0) is 6.42 Å². The number of hydrogen-bond acceptors (Lipinski definition) is 4. The zero-order chi connectivity index (χ0) is 15.4. The maximum absolute atomic E-state index is 5.83. The minimum atomic E-state index is 0.0830. The van der Waals surface area contributed by atoms with E-state index in [1.807, 2.05) is 13.8 Å². The van der Waals surface area contributed by atoms with E-state index in [0.717, 1.165) is 30.5 Å². The van der Waals surface area contributed by atoms with Crippen LogP contribution in [0.5, 0.6) is 17.2 Å². The summed E-state index contributed by atoms with van der Waals surface area (Å²) in [5.74, 6) is 2.17. The first-order valence-corrected chi connectivity index (χ1v) is 7.67. The Morgan fingerprint density at radius 1 is 1.14 bits per heavy atom. The zero-order valence-corrected chi connectivity index (χ0v) is 13.8. The molecule has 0 heterocycles. The van der Waals surface area contributed by atoms with E-state index in [9.17, 15) is 0 Å². The summed E-state index contributed by atoms with van der Waals surface area (Å²) in [5, 5.41) is 0. The second kappa shape index (κ2) is 7.03. The average molecular weight is 293 g/mol. The van der Waals surface area contributed by atoms with E-state index in [1.54, 1.807) is 14.2 Å². The minimum absolute atomic E-state index is 0.0830. The summed E-state index contributed by atoms with van der Waals surface area (Å²) in [6.07, 6.45) is 3.75. The summed E-state index contributed by atoms with van der Waals surface area (Å²) in [4.78, 5) is 2.43. The monoisotopic (exact) mass is 293 g/mol. The molecule has 21 heavy (non-hydrogen) atoms. The summed E-state index contributed by atoms with van der Waals surface area (Å²) in [6.45, 7) is 5.05. The molecule has 0 unspecified atom stereocenters.